The third-order valence-electron chi connectivity index (χ3n) is 3.98. The number of carboxylic acids is 1. The summed E-state index contributed by atoms with van der Waals surface area (Å²) in [7, 11) is 0. The van der Waals surface area contributed by atoms with Crippen LogP contribution in [-0.4, -0.2) is 34.1 Å². The molecule has 0 bridgehead atoms. The van der Waals surface area contributed by atoms with Crippen molar-refractivity contribution in [3.05, 3.63) is 27.9 Å². The summed E-state index contributed by atoms with van der Waals surface area (Å²) in [5.74, 6) is -0.628. The van der Waals surface area contributed by atoms with E-state index in [9.17, 15) is 14.9 Å². The summed E-state index contributed by atoms with van der Waals surface area (Å²) >= 11 is 0. The van der Waals surface area contributed by atoms with Gasteiger partial charge in [-0.2, -0.15) is 0 Å². The lowest BCUT2D eigenvalue weighted by Gasteiger charge is -2.27. The highest BCUT2D eigenvalue weighted by molar-refractivity contribution is 5.86. The Kier molecular flexibility index (Phi) is 3.85. The number of aromatic carboxylic acids is 1. The number of carbonyl (C=O) groups is 1. The average molecular weight is 293 g/mol. The maximum Gasteiger partial charge on any atom is 0.354 e. The molecule has 1 atom stereocenters. The van der Waals surface area contributed by atoms with Gasteiger partial charge in [-0.3, -0.25) is 10.1 Å². The molecule has 2 rings (SSSR count). The van der Waals surface area contributed by atoms with Crippen LogP contribution in [0.3, 0.4) is 0 Å². The third-order valence-corrected chi connectivity index (χ3v) is 3.98. The van der Waals surface area contributed by atoms with E-state index in [0.717, 1.165) is 6.42 Å². The topological polar surface area (TPSA) is 96.6 Å². The summed E-state index contributed by atoms with van der Waals surface area (Å²) < 4.78 is 0. The quantitative estimate of drug-likeness (QED) is 0.679. The number of aromatic nitrogens is 1. The fourth-order valence-electron chi connectivity index (χ4n) is 2.59. The minimum Gasteiger partial charge on any atom is -0.477 e. The van der Waals surface area contributed by atoms with Gasteiger partial charge in [0, 0.05) is 19.2 Å². The van der Waals surface area contributed by atoms with Gasteiger partial charge < -0.3 is 10.0 Å². The van der Waals surface area contributed by atoms with E-state index in [-0.39, 0.29) is 22.6 Å². The largest absolute Gasteiger partial charge is 0.477 e. The summed E-state index contributed by atoms with van der Waals surface area (Å²) in [6.45, 7) is 7.71. The van der Waals surface area contributed by atoms with Gasteiger partial charge in [0.2, 0.25) is 5.82 Å². The van der Waals surface area contributed by atoms with E-state index in [1.165, 1.54) is 12.1 Å². The maximum absolute atomic E-state index is 11.1. The fourth-order valence-corrected chi connectivity index (χ4v) is 2.59. The Labute approximate surface area is 122 Å². The van der Waals surface area contributed by atoms with Crippen molar-refractivity contribution >= 4 is 17.5 Å². The van der Waals surface area contributed by atoms with Gasteiger partial charge in [-0.1, -0.05) is 20.8 Å². The molecule has 0 spiro atoms. The molecule has 1 aliphatic rings. The first-order valence-electron chi connectivity index (χ1n) is 6.84. The molecule has 0 radical (unpaired) electrons. The Balaban J connectivity index is 2.36. The molecule has 7 heteroatoms. The second kappa shape index (κ2) is 5.31. The second-order valence-corrected chi connectivity index (χ2v) is 6.40. The average Bonchev–Trinajstić information content (AvgIpc) is 2.87. The molecule has 2 heterocycles. The van der Waals surface area contributed by atoms with Crippen molar-refractivity contribution in [2.45, 2.75) is 27.2 Å². The number of rotatable bonds is 3. The van der Waals surface area contributed by atoms with Crippen molar-refractivity contribution in [3.8, 4) is 0 Å². The number of nitro groups is 1. The first-order chi connectivity index (χ1) is 9.70. The Morgan fingerprint density at radius 1 is 1.48 bits per heavy atom. The van der Waals surface area contributed by atoms with Crippen molar-refractivity contribution in [1.82, 2.24) is 4.98 Å². The minimum atomic E-state index is -1.18. The van der Waals surface area contributed by atoms with Crippen molar-refractivity contribution in [2.75, 3.05) is 18.0 Å². The lowest BCUT2D eigenvalue weighted by Crippen LogP contribution is -2.27. The van der Waals surface area contributed by atoms with E-state index >= 15 is 0 Å². The highest BCUT2D eigenvalue weighted by Gasteiger charge is 2.35. The van der Waals surface area contributed by atoms with E-state index in [2.05, 4.69) is 25.8 Å². The van der Waals surface area contributed by atoms with Crippen LogP contribution in [0.15, 0.2) is 12.1 Å². The molecular formula is C14H19N3O4. The smallest absolute Gasteiger partial charge is 0.354 e. The molecule has 0 amide bonds. The van der Waals surface area contributed by atoms with E-state index in [0.29, 0.717) is 19.0 Å². The molecule has 1 unspecified atom stereocenters. The summed E-state index contributed by atoms with van der Waals surface area (Å²) in [5, 5.41) is 20.1. The van der Waals surface area contributed by atoms with Crippen LogP contribution in [0.5, 0.6) is 0 Å². The zero-order valence-electron chi connectivity index (χ0n) is 12.4. The normalized spacial score (nSPS) is 18.8. The number of hydrogen-bond acceptors (Lipinski definition) is 5. The Bertz CT molecular complexity index is 580. The third kappa shape index (κ3) is 3.12. The standard InChI is InChI=1S/C14H19N3O4/c1-14(2,3)9-6-7-16(8-9)12-11(17(20)21)5-4-10(15-12)13(18)19/h4-5,9H,6-8H2,1-3H3,(H,18,19). The number of hydrogen-bond donors (Lipinski definition) is 1. The van der Waals surface area contributed by atoms with Crippen LogP contribution in [0, 0.1) is 21.4 Å². The van der Waals surface area contributed by atoms with E-state index in [1.807, 2.05) is 4.90 Å². The molecular weight excluding hydrogens is 274 g/mol. The molecule has 0 saturated carbocycles. The summed E-state index contributed by atoms with van der Waals surface area (Å²) in [5.41, 5.74) is -0.210. The molecule has 1 aromatic heterocycles. The number of nitrogens with zero attached hydrogens (tertiary/aromatic N) is 3. The molecule has 21 heavy (non-hydrogen) atoms. The van der Waals surface area contributed by atoms with Gasteiger partial charge in [0.1, 0.15) is 0 Å². The lowest BCUT2D eigenvalue weighted by molar-refractivity contribution is -0.384. The van der Waals surface area contributed by atoms with Crippen LogP contribution in [0.4, 0.5) is 11.5 Å². The summed E-state index contributed by atoms with van der Waals surface area (Å²) in [4.78, 5) is 27.4. The van der Waals surface area contributed by atoms with Crippen molar-refractivity contribution < 1.29 is 14.8 Å². The Morgan fingerprint density at radius 2 is 2.14 bits per heavy atom. The van der Waals surface area contributed by atoms with E-state index in [4.69, 9.17) is 5.11 Å². The number of carboxylic acid groups (broad SMARTS) is 1. The molecule has 1 N–H and O–H groups in total. The molecule has 0 aliphatic carbocycles. The molecule has 1 fully saturated rings. The highest BCUT2D eigenvalue weighted by Crippen LogP contribution is 2.37. The lowest BCUT2D eigenvalue weighted by atomic mass is 9.80. The van der Waals surface area contributed by atoms with Crippen molar-refractivity contribution in [3.63, 3.8) is 0 Å². The minimum absolute atomic E-state index is 0.105. The zero-order valence-corrected chi connectivity index (χ0v) is 12.4. The van der Waals surface area contributed by atoms with Gasteiger partial charge >= 0.3 is 11.7 Å². The molecule has 1 aliphatic heterocycles. The van der Waals surface area contributed by atoms with Crippen molar-refractivity contribution in [1.29, 1.82) is 0 Å². The summed E-state index contributed by atoms with van der Waals surface area (Å²) in [6.07, 6.45) is 0.916. The van der Waals surface area contributed by atoms with Gasteiger partial charge in [-0.25, -0.2) is 9.78 Å². The van der Waals surface area contributed by atoms with Gasteiger partial charge in [0.15, 0.2) is 5.69 Å². The highest BCUT2D eigenvalue weighted by atomic mass is 16.6. The second-order valence-electron chi connectivity index (χ2n) is 6.40. The van der Waals surface area contributed by atoms with Crippen LogP contribution < -0.4 is 4.90 Å². The van der Waals surface area contributed by atoms with Crippen LogP contribution in [0.1, 0.15) is 37.7 Å². The van der Waals surface area contributed by atoms with Gasteiger partial charge in [0.05, 0.1) is 4.92 Å². The Hall–Kier alpha value is -2.18. The van der Waals surface area contributed by atoms with Gasteiger partial charge in [0.25, 0.3) is 0 Å². The van der Waals surface area contributed by atoms with Crippen LogP contribution in [0.2, 0.25) is 0 Å². The predicted molar refractivity (Wildman–Crippen MR) is 77.6 cm³/mol. The van der Waals surface area contributed by atoms with Gasteiger partial charge in [-0.05, 0) is 23.8 Å². The van der Waals surface area contributed by atoms with Crippen LogP contribution >= 0.6 is 0 Å². The molecule has 1 aromatic rings. The molecule has 1 saturated heterocycles. The van der Waals surface area contributed by atoms with Crippen molar-refractivity contribution in [2.24, 2.45) is 11.3 Å². The van der Waals surface area contributed by atoms with E-state index < -0.39 is 10.9 Å². The molecule has 7 nitrogen and oxygen atoms in total. The number of anilines is 1. The Morgan fingerprint density at radius 3 is 2.62 bits per heavy atom. The first-order valence-corrected chi connectivity index (χ1v) is 6.84. The van der Waals surface area contributed by atoms with Crippen LogP contribution in [0.25, 0.3) is 0 Å². The fraction of sp³-hybridized carbons (Fsp3) is 0.571. The SMILES string of the molecule is CC(C)(C)C1CCN(c2nc(C(=O)O)ccc2[N+](=O)[O-])C1. The number of pyridine rings is 1. The molecule has 114 valence electrons. The van der Waals surface area contributed by atoms with Crippen LogP contribution in [-0.2, 0) is 0 Å². The monoisotopic (exact) mass is 293 g/mol. The predicted octanol–water partition coefficient (Wildman–Crippen LogP) is 2.56. The zero-order chi connectivity index (χ0) is 15.8. The first kappa shape index (κ1) is 15.2. The van der Waals surface area contributed by atoms with E-state index in [1.54, 1.807) is 0 Å². The van der Waals surface area contributed by atoms with Gasteiger partial charge in [-0.15, -0.1) is 0 Å². The maximum atomic E-state index is 11.1. The summed E-state index contributed by atoms with van der Waals surface area (Å²) in [6, 6.07) is 2.39. The molecule has 0 aromatic carbocycles.